The van der Waals surface area contributed by atoms with Crippen LogP contribution in [-0.4, -0.2) is 63.6 Å². The molecule has 2 aliphatic rings. The fourth-order valence-electron chi connectivity index (χ4n) is 6.22. The highest BCUT2D eigenvalue weighted by Gasteiger charge is 2.28. The second-order valence-electron chi connectivity index (χ2n) is 11.5. The van der Waals surface area contributed by atoms with E-state index in [1.54, 1.807) is 10.7 Å². The van der Waals surface area contributed by atoms with Crippen molar-refractivity contribution in [3.8, 4) is 39.5 Å². The lowest BCUT2D eigenvalue weighted by Crippen LogP contribution is -2.38. The summed E-state index contributed by atoms with van der Waals surface area (Å²) in [5.74, 6) is -2.47. The summed E-state index contributed by atoms with van der Waals surface area (Å²) in [7, 11) is 2.10. The summed E-state index contributed by atoms with van der Waals surface area (Å²) >= 11 is 1.45. The molecule has 0 bridgehead atoms. The molecule has 3 aromatic heterocycles. The Hall–Kier alpha value is -4.55. The maximum Gasteiger partial charge on any atom is 0.282 e. The number of ether oxygens (including phenoxy) is 1. The van der Waals surface area contributed by atoms with Crippen LogP contribution in [0.3, 0.4) is 0 Å². The lowest BCUT2D eigenvalue weighted by molar-refractivity contribution is -0.130. The minimum atomic E-state index is -2.76. The largest absolute Gasteiger partial charge is 0.487 e. The molecule has 7 rings (SSSR count). The zero-order valence-corrected chi connectivity index (χ0v) is 25.7. The lowest BCUT2D eigenvalue weighted by atomic mass is 9.93. The topological polar surface area (TPSA) is 63.5 Å². The number of carbonyl (C=O) groups is 1. The van der Waals surface area contributed by atoms with E-state index in [2.05, 4.69) is 36.7 Å². The highest BCUT2D eigenvalue weighted by molar-refractivity contribution is 7.18. The van der Waals surface area contributed by atoms with Crippen LogP contribution < -0.4 is 4.74 Å². The fraction of sp³-hybridized carbons (Fsp3) is 0.265. The van der Waals surface area contributed by atoms with Crippen molar-refractivity contribution in [2.75, 3.05) is 26.7 Å². The Balaban J connectivity index is 1.43. The van der Waals surface area contributed by atoms with Crippen LogP contribution in [0.2, 0.25) is 0 Å². The van der Waals surface area contributed by atoms with E-state index in [0.29, 0.717) is 34.8 Å². The molecule has 0 saturated heterocycles. The molecule has 0 N–H and O–H groups in total. The van der Waals surface area contributed by atoms with Crippen molar-refractivity contribution in [2.45, 2.75) is 32.5 Å². The third kappa shape index (κ3) is 5.56. The molecule has 2 aromatic carbocycles. The van der Waals surface area contributed by atoms with Gasteiger partial charge in [0.1, 0.15) is 29.6 Å². The van der Waals surface area contributed by atoms with Gasteiger partial charge in [0.2, 0.25) is 0 Å². The van der Waals surface area contributed by atoms with Gasteiger partial charge in [-0.05, 0) is 60.3 Å². The van der Waals surface area contributed by atoms with E-state index in [9.17, 15) is 22.4 Å². The quantitative estimate of drug-likeness (QED) is 0.140. The van der Waals surface area contributed by atoms with Crippen LogP contribution in [0.4, 0.5) is 17.6 Å². The first-order valence-electron chi connectivity index (χ1n) is 14.8. The van der Waals surface area contributed by atoms with Crippen LogP contribution in [0.15, 0.2) is 66.3 Å². The van der Waals surface area contributed by atoms with E-state index in [1.807, 2.05) is 11.4 Å². The van der Waals surface area contributed by atoms with Crippen LogP contribution in [0.25, 0.3) is 43.9 Å². The molecule has 0 fully saturated rings. The number of carbonyl (C=O) groups excluding carboxylic acids is 1. The summed E-state index contributed by atoms with van der Waals surface area (Å²) < 4.78 is 62.7. The van der Waals surface area contributed by atoms with Crippen LogP contribution in [-0.2, 0) is 30.8 Å². The average Bonchev–Trinajstić information content (AvgIpc) is 3.70. The molecule has 1 amide bonds. The van der Waals surface area contributed by atoms with Gasteiger partial charge >= 0.3 is 0 Å². The van der Waals surface area contributed by atoms with Gasteiger partial charge in [-0.25, -0.2) is 22.5 Å². The first-order chi connectivity index (χ1) is 22.2. The molecule has 12 heteroatoms. The Morgan fingerprint density at radius 3 is 2.70 bits per heavy atom. The van der Waals surface area contributed by atoms with Crippen LogP contribution >= 0.6 is 11.3 Å². The van der Waals surface area contributed by atoms with Gasteiger partial charge in [0.15, 0.2) is 5.83 Å². The fourth-order valence-corrected chi connectivity index (χ4v) is 7.18. The van der Waals surface area contributed by atoms with Crippen molar-refractivity contribution >= 4 is 27.3 Å². The number of nitrogens with zero attached hydrogens (tertiary/aromatic N) is 5. The number of rotatable bonds is 7. The Bertz CT molecular complexity index is 2010. The van der Waals surface area contributed by atoms with Crippen LogP contribution in [0.5, 0.6) is 5.75 Å². The average molecular weight is 648 g/mol. The minimum Gasteiger partial charge on any atom is -0.487 e. The number of thiophene rings is 1. The zero-order chi connectivity index (χ0) is 32.1. The normalized spacial score (nSPS) is 14.9. The van der Waals surface area contributed by atoms with Gasteiger partial charge in [-0.1, -0.05) is 18.7 Å². The molecule has 0 saturated carbocycles. The van der Waals surface area contributed by atoms with Crippen molar-refractivity contribution in [2.24, 2.45) is 0 Å². The van der Waals surface area contributed by atoms with Crippen LogP contribution in [0.1, 0.15) is 16.8 Å². The van der Waals surface area contributed by atoms with Gasteiger partial charge in [0.25, 0.3) is 12.3 Å². The van der Waals surface area contributed by atoms with E-state index in [4.69, 9.17) is 14.8 Å². The number of benzene rings is 2. The number of alkyl halides is 2. The number of aromatic nitrogens is 3. The summed E-state index contributed by atoms with van der Waals surface area (Å²) in [6, 6.07) is 14.0. The molecular weight excluding hydrogens is 618 g/mol. The van der Waals surface area contributed by atoms with E-state index in [-0.39, 0.29) is 18.8 Å². The number of fused-ring (bicyclic) bond motifs is 3. The predicted molar refractivity (Wildman–Crippen MR) is 169 cm³/mol. The summed E-state index contributed by atoms with van der Waals surface area (Å²) in [5.41, 5.74) is 6.73. The molecule has 5 aromatic rings. The van der Waals surface area contributed by atoms with Crippen LogP contribution in [0, 0.1) is 5.82 Å². The third-order valence-corrected chi connectivity index (χ3v) is 9.36. The number of hydrogen-bond donors (Lipinski definition) is 0. The molecule has 0 aliphatic carbocycles. The molecule has 0 unspecified atom stereocenters. The highest BCUT2D eigenvalue weighted by atomic mass is 32.1. The highest BCUT2D eigenvalue weighted by Crippen LogP contribution is 2.46. The molecule has 5 heterocycles. The number of amides is 1. The summed E-state index contributed by atoms with van der Waals surface area (Å²) in [4.78, 5) is 21.2. The molecule has 0 radical (unpaired) electrons. The maximum atomic E-state index is 14.5. The lowest BCUT2D eigenvalue weighted by Gasteiger charge is -2.26. The molecule has 0 spiro atoms. The van der Waals surface area contributed by atoms with E-state index >= 15 is 0 Å². The second-order valence-corrected chi connectivity index (χ2v) is 12.5. The Kier molecular flexibility index (Phi) is 7.85. The molecule has 2 aliphatic heterocycles. The molecule has 7 nitrogen and oxygen atoms in total. The molecule has 0 atom stereocenters. The molecule has 236 valence electrons. The van der Waals surface area contributed by atoms with Gasteiger partial charge in [-0.2, -0.15) is 5.10 Å². The Labute approximate surface area is 266 Å². The number of likely N-dealkylation sites (N-methyl/N-ethyl adjacent to an activating group) is 1. The van der Waals surface area contributed by atoms with E-state index in [0.717, 1.165) is 46.9 Å². The molecule has 46 heavy (non-hydrogen) atoms. The van der Waals surface area contributed by atoms with Gasteiger partial charge in [-0.3, -0.25) is 9.48 Å². The van der Waals surface area contributed by atoms with Crippen molar-refractivity contribution in [1.29, 1.82) is 0 Å². The SMILES string of the molecule is C=C(F)C(=O)N1CCn2nc(-c3nc(-c4ccc5c(c4)CCN(C)C5)c4ccsc4c3-c3ccc(F)cc3OCC(F)F)cc2C1. The summed E-state index contributed by atoms with van der Waals surface area (Å²) in [6.07, 6.45) is -1.85. The van der Waals surface area contributed by atoms with Crippen molar-refractivity contribution in [3.05, 3.63) is 89.0 Å². The van der Waals surface area contributed by atoms with Gasteiger partial charge in [0, 0.05) is 52.5 Å². The van der Waals surface area contributed by atoms with Gasteiger partial charge in [-0.15, -0.1) is 11.3 Å². The van der Waals surface area contributed by atoms with E-state index in [1.165, 1.54) is 39.5 Å². The van der Waals surface area contributed by atoms with Gasteiger partial charge in [0.05, 0.1) is 24.5 Å². The number of pyridine rings is 1. The van der Waals surface area contributed by atoms with Crippen molar-refractivity contribution in [1.82, 2.24) is 24.6 Å². The monoisotopic (exact) mass is 647 g/mol. The molecular formula is C34H29F4N5O2S. The van der Waals surface area contributed by atoms with Crippen molar-refractivity contribution < 1.29 is 27.1 Å². The Morgan fingerprint density at radius 2 is 1.89 bits per heavy atom. The van der Waals surface area contributed by atoms with Gasteiger partial charge < -0.3 is 14.5 Å². The standard InChI is InChI=1S/C34H29F4N5O2S/c1-19(35)34(44)42-10-11-43-24(17-42)15-27(40-43)32-30(25-6-5-23(36)14-28(25)45-18-29(37)38)33-26(8-12-46-33)31(39-32)21-3-4-22-16-41(2)9-7-20(22)13-21/h3-6,8,12-15,29H,1,7,9-11,16-18H2,2H3. The first-order valence-corrected chi connectivity index (χ1v) is 15.7. The summed E-state index contributed by atoms with van der Waals surface area (Å²) in [5, 5.41) is 7.62. The first kappa shape index (κ1) is 30.1. The zero-order valence-electron chi connectivity index (χ0n) is 24.9. The van der Waals surface area contributed by atoms with E-state index < -0.39 is 30.6 Å². The smallest absolute Gasteiger partial charge is 0.282 e. The maximum absolute atomic E-state index is 14.5. The number of halogens is 4. The van der Waals surface area contributed by atoms with Crippen molar-refractivity contribution in [3.63, 3.8) is 0 Å². The number of hydrogen-bond acceptors (Lipinski definition) is 6. The minimum absolute atomic E-state index is 0.0362. The summed E-state index contributed by atoms with van der Waals surface area (Å²) in [6.45, 7) is 4.75. The second kappa shape index (κ2) is 12.0. The predicted octanol–water partition coefficient (Wildman–Crippen LogP) is 7.09. The third-order valence-electron chi connectivity index (χ3n) is 8.43. The Morgan fingerprint density at radius 1 is 1.04 bits per heavy atom.